The molecule has 20 heavy (non-hydrogen) atoms. The van der Waals surface area contributed by atoms with E-state index in [0.717, 1.165) is 19.4 Å². The number of fused-ring (bicyclic) bond motifs is 1. The number of aromatic nitrogens is 2. The molecule has 0 N–H and O–H groups in total. The number of aryl methyl sites for hydroxylation is 1. The number of hydrogen-bond acceptors (Lipinski definition) is 3. The van der Waals surface area contributed by atoms with Gasteiger partial charge in [-0.3, -0.25) is 19.2 Å². The first-order chi connectivity index (χ1) is 9.77. The van der Waals surface area contributed by atoms with E-state index < -0.39 is 0 Å². The Morgan fingerprint density at radius 2 is 1.55 bits per heavy atom. The maximum atomic E-state index is 12.1. The zero-order valence-electron chi connectivity index (χ0n) is 11.0. The van der Waals surface area contributed by atoms with Gasteiger partial charge in [-0.2, -0.15) is 5.10 Å². The van der Waals surface area contributed by atoms with E-state index in [1.54, 1.807) is 30.5 Å². The van der Waals surface area contributed by atoms with Crippen molar-refractivity contribution in [3.63, 3.8) is 0 Å². The highest BCUT2D eigenvalue weighted by Gasteiger charge is 2.34. The van der Waals surface area contributed by atoms with E-state index >= 15 is 0 Å². The SMILES string of the molecule is O=C1c2ccccc2C(=O)N1CCCCn1cccn1. The zero-order valence-corrected chi connectivity index (χ0v) is 11.0. The van der Waals surface area contributed by atoms with Crippen molar-refractivity contribution >= 4 is 11.8 Å². The molecule has 0 saturated carbocycles. The molecule has 0 spiro atoms. The minimum absolute atomic E-state index is 0.176. The second kappa shape index (κ2) is 5.28. The molecule has 2 heterocycles. The first-order valence-electron chi connectivity index (χ1n) is 6.70. The lowest BCUT2D eigenvalue weighted by molar-refractivity contribution is 0.0651. The summed E-state index contributed by atoms with van der Waals surface area (Å²) in [5.74, 6) is -0.352. The quantitative estimate of drug-likeness (QED) is 0.616. The summed E-state index contributed by atoms with van der Waals surface area (Å²) in [5.41, 5.74) is 1.04. The summed E-state index contributed by atoms with van der Waals surface area (Å²) < 4.78 is 1.85. The highest BCUT2D eigenvalue weighted by molar-refractivity contribution is 6.21. The Balaban J connectivity index is 1.57. The van der Waals surface area contributed by atoms with Gasteiger partial charge in [-0.15, -0.1) is 0 Å². The number of benzene rings is 1. The van der Waals surface area contributed by atoms with Gasteiger partial charge in [0.15, 0.2) is 0 Å². The molecular formula is C15H15N3O2. The molecule has 3 rings (SSSR count). The lowest BCUT2D eigenvalue weighted by Crippen LogP contribution is -2.30. The minimum atomic E-state index is -0.176. The molecule has 2 aromatic rings. The molecule has 0 aliphatic carbocycles. The third kappa shape index (κ3) is 2.22. The van der Waals surface area contributed by atoms with Crippen LogP contribution in [0.25, 0.3) is 0 Å². The van der Waals surface area contributed by atoms with Crippen LogP contribution in [-0.2, 0) is 6.54 Å². The fourth-order valence-corrected chi connectivity index (χ4v) is 2.42. The molecule has 0 saturated heterocycles. The number of carbonyl (C=O) groups excluding carboxylic acids is 2. The van der Waals surface area contributed by atoms with Crippen LogP contribution in [0.4, 0.5) is 0 Å². The Kier molecular flexibility index (Phi) is 3.33. The molecule has 5 heteroatoms. The first kappa shape index (κ1) is 12.6. The number of unbranched alkanes of at least 4 members (excludes halogenated alkanes) is 1. The van der Waals surface area contributed by atoms with E-state index in [4.69, 9.17) is 0 Å². The number of amides is 2. The molecule has 0 fully saturated rings. The summed E-state index contributed by atoms with van der Waals surface area (Å²) >= 11 is 0. The van der Waals surface area contributed by atoms with Crippen LogP contribution in [0.2, 0.25) is 0 Å². The maximum Gasteiger partial charge on any atom is 0.261 e. The van der Waals surface area contributed by atoms with Gasteiger partial charge in [0, 0.05) is 25.5 Å². The van der Waals surface area contributed by atoms with Gasteiger partial charge < -0.3 is 0 Å². The molecule has 102 valence electrons. The van der Waals surface area contributed by atoms with Crippen molar-refractivity contribution in [2.24, 2.45) is 0 Å². The number of imide groups is 1. The Morgan fingerprint density at radius 3 is 2.15 bits per heavy atom. The third-order valence-electron chi connectivity index (χ3n) is 3.46. The Hall–Kier alpha value is -2.43. The van der Waals surface area contributed by atoms with Crippen LogP contribution in [0.1, 0.15) is 33.6 Å². The van der Waals surface area contributed by atoms with Crippen molar-refractivity contribution in [2.45, 2.75) is 19.4 Å². The lowest BCUT2D eigenvalue weighted by Gasteiger charge is -2.13. The second-order valence-electron chi connectivity index (χ2n) is 4.78. The molecule has 1 aliphatic rings. The van der Waals surface area contributed by atoms with Gasteiger partial charge in [-0.25, -0.2) is 0 Å². The van der Waals surface area contributed by atoms with Crippen molar-refractivity contribution in [1.82, 2.24) is 14.7 Å². The molecule has 5 nitrogen and oxygen atoms in total. The van der Waals surface area contributed by atoms with Crippen LogP contribution >= 0.6 is 0 Å². The van der Waals surface area contributed by atoms with Gasteiger partial charge >= 0.3 is 0 Å². The molecule has 0 bridgehead atoms. The van der Waals surface area contributed by atoms with E-state index in [1.165, 1.54) is 4.90 Å². The van der Waals surface area contributed by atoms with E-state index in [-0.39, 0.29) is 11.8 Å². The van der Waals surface area contributed by atoms with Gasteiger partial charge in [0.05, 0.1) is 11.1 Å². The van der Waals surface area contributed by atoms with Gasteiger partial charge in [0.1, 0.15) is 0 Å². The standard InChI is InChI=1S/C15H15N3O2/c19-14-12-6-1-2-7-13(12)15(20)18(14)11-4-3-9-17-10-5-8-16-17/h1-2,5-8,10H,3-4,9,11H2. The second-order valence-corrected chi connectivity index (χ2v) is 4.78. The van der Waals surface area contributed by atoms with E-state index in [2.05, 4.69) is 5.10 Å². The van der Waals surface area contributed by atoms with Gasteiger partial charge in [0.2, 0.25) is 0 Å². The monoisotopic (exact) mass is 269 g/mol. The summed E-state index contributed by atoms with van der Waals surface area (Å²) in [6, 6.07) is 8.86. The molecule has 0 unspecified atom stereocenters. The van der Waals surface area contributed by atoms with Crippen LogP contribution in [0, 0.1) is 0 Å². The summed E-state index contributed by atoms with van der Waals surface area (Å²) in [5, 5.41) is 4.12. The van der Waals surface area contributed by atoms with E-state index in [1.807, 2.05) is 16.9 Å². The van der Waals surface area contributed by atoms with E-state index in [9.17, 15) is 9.59 Å². The molecule has 0 atom stereocenters. The Bertz CT molecular complexity index is 599. The topological polar surface area (TPSA) is 55.2 Å². The van der Waals surface area contributed by atoms with Crippen molar-refractivity contribution in [3.8, 4) is 0 Å². The van der Waals surface area contributed by atoms with Crippen molar-refractivity contribution in [2.75, 3.05) is 6.54 Å². The Morgan fingerprint density at radius 1 is 0.900 bits per heavy atom. The lowest BCUT2D eigenvalue weighted by atomic mass is 10.1. The first-order valence-corrected chi connectivity index (χ1v) is 6.70. The molecule has 2 amide bonds. The van der Waals surface area contributed by atoms with Crippen LogP contribution in [0.3, 0.4) is 0 Å². The van der Waals surface area contributed by atoms with E-state index in [0.29, 0.717) is 17.7 Å². The number of nitrogens with zero attached hydrogens (tertiary/aromatic N) is 3. The van der Waals surface area contributed by atoms with Crippen molar-refractivity contribution in [1.29, 1.82) is 0 Å². The normalized spacial score (nSPS) is 13.9. The van der Waals surface area contributed by atoms with Crippen LogP contribution in [-0.4, -0.2) is 33.0 Å². The summed E-state index contributed by atoms with van der Waals surface area (Å²) in [4.78, 5) is 25.6. The van der Waals surface area contributed by atoms with Crippen molar-refractivity contribution < 1.29 is 9.59 Å². The minimum Gasteiger partial charge on any atom is -0.274 e. The van der Waals surface area contributed by atoms with Gasteiger partial charge in [-0.05, 0) is 31.0 Å². The predicted molar refractivity (Wildman–Crippen MR) is 73.3 cm³/mol. The number of carbonyl (C=O) groups is 2. The van der Waals surface area contributed by atoms with Crippen LogP contribution < -0.4 is 0 Å². The summed E-state index contributed by atoms with van der Waals surface area (Å²) in [7, 11) is 0. The molecule has 1 aliphatic heterocycles. The highest BCUT2D eigenvalue weighted by Crippen LogP contribution is 2.22. The summed E-state index contributed by atoms with van der Waals surface area (Å²) in [6.07, 6.45) is 5.31. The van der Waals surface area contributed by atoms with Crippen molar-refractivity contribution in [3.05, 3.63) is 53.9 Å². The van der Waals surface area contributed by atoms with Crippen LogP contribution in [0.15, 0.2) is 42.7 Å². The Labute approximate surface area is 116 Å². The predicted octanol–water partition coefficient (Wildman–Crippen LogP) is 1.96. The fraction of sp³-hybridized carbons (Fsp3) is 0.267. The smallest absolute Gasteiger partial charge is 0.261 e. The molecular weight excluding hydrogens is 254 g/mol. The molecule has 1 aromatic carbocycles. The highest BCUT2D eigenvalue weighted by atomic mass is 16.2. The summed E-state index contributed by atoms with van der Waals surface area (Å²) in [6.45, 7) is 1.27. The zero-order chi connectivity index (χ0) is 13.9. The number of hydrogen-bond donors (Lipinski definition) is 0. The fourth-order valence-electron chi connectivity index (χ4n) is 2.42. The van der Waals surface area contributed by atoms with Gasteiger partial charge in [-0.1, -0.05) is 12.1 Å². The average molecular weight is 269 g/mol. The maximum absolute atomic E-state index is 12.1. The molecule has 0 radical (unpaired) electrons. The van der Waals surface area contributed by atoms with Gasteiger partial charge in [0.25, 0.3) is 11.8 Å². The van der Waals surface area contributed by atoms with Crippen LogP contribution in [0.5, 0.6) is 0 Å². The average Bonchev–Trinajstić information content (AvgIpc) is 3.06. The molecule has 1 aromatic heterocycles. The third-order valence-corrected chi connectivity index (χ3v) is 3.46. The number of rotatable bonds is 5. The largest absolute Gasteiger partial charge is 0.274 e.